The van der Waals surface area contributed by atoms with Crippen molar-refractivity contribution in [3.05, 3.63) is 58.9 Å². The molecule has 0 radical (unpaired) electrons. The van der Waals surface area contributed by atoms with Gasteiger partial charge >= 0.3 is 0 Å². The largest absolute Gasteiger partial charge is 0.383 e. The fraction of sp³-hybridized carbons (Fsp3) is 0.433. The summed E-state index contributed by atoms with van der Waals surface area (Å²) in [7, 11) is 1.76. The van der Waals surface area contributed by atoms with E-state index < -0.39 is 0 Å². The van der Waals surface area contributed by atoms with Crippen molar-refractivity contribution in [2.75, 3.05) is 76.5 Å². The molecule has 6 rings (SSSR count). The highest BCUT2D eigenvalue weighted by Crippen LogP contribution is 2.52. The molecule has 0 saturated carbocycles. The second-order valence-electron chi connectivity index (χ2n) is 10.4. The number of benzene rings is 2. The lowest BCUT2D eigenvalue weighted by atomic mass is 10.1. The van der Waals surface area contributed by atoms with Gasteiger partial charge in [0.25, 0.3) is 0 Å². The zero-order chi connectivity index (χ0) is 27.5. The summed E-state index contributed by atoms with van der Waals surface area (Å²) in [5.41, 5.74) is 3.85. The van der Waals surface area contributed by atoms with E-state index in [9.17, 15) is 4.79 Å². The SMILES string of the molecule is COC[C@H](CN1CCOC[C@H]1C)Nc1ccc2c(c1)Sc1cccc(-c3cc(N4CCOCC4)cc(=O)[nH]3)c1S2. The van der Waals surface area contributed by atoms with Crippen LogP contribution in [0.3, 0.4) is 0 Å². The predicted molar refractivity (Wildman–Crippen MR) is 161 cm³/mol. The van der Waals surface area contributed by atoms with Crippen LogP contribution >= 0.6 is 23.5 Å². The van der Waals surface area contributed by atoms with Gasteiger partial charge in [0.05, 0.1) is 44.8 Å². The summed E-state index contributed by atoms with van der Waals surface area (Å²) in [5, 5.41) is 3.72. The molecule has 2 saturated heterocycles. The van der Waals surface area contributed by atoms with Crippen molar-refractivity contribution in [1.82, 2.24) is 9.88 Å². The minimum absolute atomic E-state index is 0.0849. The molecule has 0 aliphatic carbocycles. The van der Waals surface area contributed by atoms with E-state index in [0.717, 1.165) is 62.0 Å². The van der Waals surface area contributed by atoms with Crippen molar-refractivity contribution < 1.29 is 14.2 Å². The van der Waals surface area contributed by atoms with E-state index in [4.69, 9.17) is 14.2 Å². The molecule has 2 aromatic carbocycles. The molecule has 1 aromatic heterocycles. The van der Waals surface area contributed by atoms with Crippen LogP contribution in [0.25, 0.3) is 11.3 Å². The normalized spacial score (nSPS) is 20.1. The van der Waals surface area contributed by atoms with Crippen molar-refractivity contribution in [3.63, 3.8) is 0 Å². The number of pyridine rings is 1. The van der Waals surface area contributed by atoms with Crippen LogP contribution in [-0.2, 0) is 14.2 Å². The van der Waals surface area contributed by atoms with Crippen LogP contribution in [0.5, 0.6) is 0 Å². The van der Waals surface area contributed by atoms with Crippen molar-refractivity contribution in [2.45, 2.75) is 38.6 Å². The number of rotatable bonds is 8. The molecule has 4 heterocycles. The molecule has 212 valence electrons. The molecule has 8 nitrogen and oxygen atoms in total. The van der Waals surface area contributed by atoms with E-state index in [1.54, 1.807) is 36.7 Å². The van der Waals surface area contributed by atoms with Gasteiger partial charge in [0.1, 0.15) is 0 Å². The Hall–Kier alpha value is -2.47. The molecule has 0 unspecified atom stereocenters. The summed E-state index contributed by atoms with van der Waals surface area (Å²) in [6.07, 6.45) is 0. The van der Waals surface area contributed by atoms with Gasteiger partial charge in [-0.05, 0) is 37.3 Å². The first-order valence-electron chi connectivity index (χ1n) is 13.8. The molecule has 0 bridgehead atoms. The molecule has 3 aliphatic rings. The van der Waals surface area contributed by atoms with Gasteiger partial charge in [0.2, 0.25) is 5.56 Å². The predicted octanol–water partition coefficient (Wildman–Crippen LogP) is 4.64. The smallest absolute Gasteiger partial charge is 0.250 e. The van der Waals surface area contributed by atoms with Crippen molar-refractivity contribution in [3.8, 4) is 11.3 Å². The lowest BCUT2D eigenvalue weighted by Crippen LogP contribution is -2.49. The number of aromatic amines is 1. The number of morpholine rings is 2. The fourth-order valence-electron chi connectivity index (χ4n) is 5.47. The van der Waals surface area contributed by atoms with Crippen LogP contribution in [0, 0.1) is 0 Å². The Morgan fingerprint density at radius 2 is 1.88 bits per heavy atom. The average molecular weight is 581 g/mol. The number of nitrogens with one attached hydrogen (secondary N) is 2. The number of methoxy groups -OCH3 is 1. The van der Waals surface area contributed by atoms with Crippen LogP contribution in [0.4, 0.5) is 11.4 Å². The highest BCUT2D eigenvalue weighted by atomic mass is 32.2. The van der Waals surface area contributed by atoms with Crippen LogP contribution in [0.1, 0.15) is 6.92 Å². The van der Waals surface area contributed by atoms with Gasteiger partial charge in [-0.2, -0.15) is 0 Å². The minimum Gasteiger partial charge on any atom is -0.383 e. The Bertz CT molecular complexity index is 1390. The molecule has 40 heavy (non-hydrogen) atoms. The van der Waals surface area contributed by atoms with Gasteiger partial charge in [0, 0.05) is 81.9 Å². The molecule has 2 fully saturated rings. The summed E-state index contributed by atoms with van der Waals surface area (Å²) in [6.45, 7) is 9.21. The van der Waals surface area contributed by atoms with E-state index >= 15 is 0 Å². The number of anilines is 2. The summed E-state index contributed by atoms with van der Waals surface area (Å²) in [5.74, 6) is 0. The van der Waals surface area contributed by atoms with E-state index in [1.165, 1.54) is 19.6 Å². The molecule has 3 aromatic rings. The molecule has 3 aliphatic heterocycles. The maximum atomic E-state index is 12.7. The molecule has 10 heteroatoms. The zero-order valence-corrected chi connectivity index (χ0v) is 24.6. The number of fused-ring (bicyclic) bond motifs is 2. The third-order valence-electron chi connectivity index (χ3n) is 7.55. The standard InChI is InChI=1S/C30H36N4O4S2/c1-20-18-38-13-10-34(20)17-22(19-36-2)31-21-6-7-26-28(14-21)39-27-5-3-4-24(30(27)40-26)25-15-23(16-29(35)32-25)33-8-11-37-12-9-33/h3-7,14-16,20,22,31H,8-13,17-19H2,1-2H3,(H,32,35)/t20-,22+/m1/s1. The van der Waals surface area contributed by atoms with Crippen molar-refractivity contribution >= 4 is 34.9 Å². The Kier molecular flexibility index (Phi) is 8.71. The maximum Gasteiger partial charge on any atom is 0.250 e. The quantitative estimate of drug-likeness (QED) is 0.310. The Labute approximate surface area is 243 Å². The van der Waals surface area contributed by atoms with Crippen molar-refractivity contribution in [2.24, 2.45) is 0 Å². The van der Waals surface area contributed by atoms with Gasteiger partial charge < -0.3 is 29.4 Å². The van der Waals surface area contributed by atoms with Crippen LogP contribution in [0.15, 0.2) is 72.9 Å². The van der Waals surface area contributed by atoms with Crippen LogP contribution in [-0.4, -0.2) is 88.3 Å². The summed E-state index contributed by atoms with van der Waals surface area (Å²) >= 11 is 3.55. The number of ether oxygens (including phenoxy) is 3. The molecule has 2 N–H and O–H groups in total. The lowest BCUT2D eigenvalue weighted by molar-refractivity contribution is -0.00507. The van der Waals surface area contributed by atoms with Gasteiger partial charge in [0.15, 0.2) is 0 Å². The number of hydrogen-bond donors (Lipinski definition) is 2. The molecule has 0 amide bonds. The topological polar surface area (TPSA) is 79.1 Å². The van der Waals surface area contributed by atoms with E-state index in [2.05, 4.69) is 69.5 Å². The Balaban J connectivity index is 1.22. The first-order valence-corrected chi connectivity index (χ1v) is 15.5. The third-order valence-corrected chi connectivity index (χ3v) is 10.1. The van der Waals surface area contributed by atoms with E-state index in [0.29, 0.717) is 25.9 Å². The second kappa shape index (κ2) is 12.6. The highest BCUT2D eigenvalue weighted by Gasteiger charge is 2.25. The van der Waals surface area contributed by atoms with Crippen LogP contribution < -0.4 is 15.8 Å². The van der Waals surface area contributed by atoms with E-state index in [-0.39, 0.29) is 11.6 Å². The Morgan fingerprint density at radius 1 is 1.02 bits per heavy atom. The van der Waals surface area contributed by atoms with Gasteiger partial charge in [-0.15, -0.1) is 0 Å². The highest BCUT2D eigenvalue weighted by molar-refractivity contribution is 8.05. The minimum atomic E-state index is -0.0849. The lowest BCUT2D eigenvalue weighted by Gasteiger charge is -2.36. The van der Waals surface area contributed by atoms with Gasteiger partial charge in [-0.3, -0.25) is 9.69 Å². The molecular formula is C30H36N4O4S2. The monoisotopic (exact) mass is 580 g/mol. The summed E-state index contributed by atoms with van der Waals surface area (Å²) < 4.78 is 16.7. The van der Waals surface area contributed by atoms with Crippen molar-refractivity contribution in [1.29, 1.82) is 0 Å². The Morgan fingerprint density at radius 3 is 2.70 bits per heavy atom. The van der Waals surface area contributed by atoms with Crippen LogP contribution in [0.2, 0.25) is 0 Å². The summed E-state index contributed by atoms with van der Waals surface area (Å²) in [6, 6.07) is 17.3. The van der Waals surface area contributed by atoms with Gasteiger partial charge in [-0.25, -0.2) is 0 Å². The second-order valence-corrected chi connectivity index (χ2v) is 12.6. The number of hydrogen-bond acceptors (Lipinski definition) is 9. The number of nitrogens with zero attached hydrogens (tertiary/aromatic N) is 2. The summed E-state index contributed by atoms with van der Waals surface area (Å²) in [4.78, 5) is 25.3. The first-order chi connectivity index (χ1) is 19.6. The zero-order valence-electron chi connectivity index (χ0n) is 23.0. The number of H-pyrrole nitrogens is 1. The molecular weight excluding hydrogens is 544 g/mol. The molecule has 0 spiro atoms. The third kappa shape index (κ3) is 6.22. The fourth-order valence-corrected chi connectivity index (χ4v) is 7.89. The van der Waals surface area contributed by atoms with Gasteiger partial charge in [-0.1, -0.05) is 35.7 Å². The first kappa shape index (κ1) is 27.7. The maximum absolute atomic E-state index is 12.7. The van der Waals surface area contributed by atoms with E-state index in [1.807, 2.05) is 0 Å². The number of aromatic nitrogens is 1. The molecule has 2 atom stereocenters. The average Bonchev–Trinajstić information content (AvgIpc) is 2.97.